The van der Waals surface area contributed by atoms with E-state index in [1.54, 1.807) is 0 Å². The Balaban J connectivity index is 1.58. The van der Waals surface area contributed by atoms with Crippen molar-refractivity contribution < 1.29 is 4.39 Å². The lowest BCUT2D eigenvalue weighted by Crippen LogP contribution is -2.47. The van der Waals surface area contributed by atoms with Crippen LogP contribution in [0.15, 0.2) is 48.5 Å². The zero-order chi connectivity index (χ0) is 18.1. The first kappa shape index (κ1) is 16.7. The van der Waals surface area contributed by atoms with Gasteiger partial charge in [0.25, 0.3) is 0 Å². The van der Waals surface area contributed by atoms with Gasteiger partial charge in [0, 0.05) is 48.7 Å². The molecule has 0 spiro atoms. The summed E-state index contributed by atoms with van der Waals surface area (Å²) >= 11 is 0. The third-order valence-corrected chi connectivity index (χ3v) is 4.90. The maximum atomic E-state index is 13.1. The third kappa shape index (κ3) is 3.08. The Labute approximate surface area is 152 Å². The Kier molecular flexibility index (Phi) is 4.42. The highest BCUT2D eigenvalue weighted by Crippen LogP contribution is 2.29. The molecule has 2 N–H and O–H groups in total. The Hall–Kier alpha value is -2.73. The molecule has 1 atom stereocenters. The second-order valence-corrected chi connectivity index (χ2v) is 6.69. The summed E-state index contributed by atoms with van der Waals surface area (Å²) in [6.07, 6.45) is 0. The number of anilines is 2. The van der Waals surface area contributed by atoms with Crippen molar-refractivity contribution >= 4 is 22.3 Å². The van der Waals surface area contributed by atoms with E-state index in [2.05, 4.69) is 32.1 Å². The first-order valence-corrected chi connectivity index (χ1v) is 8.90. The zero-order valence-corrected chi connectivity index (χ0v) is 14.8. The number of piperazine rings is 1. The zero-order valence-electron chi connectivity index (χ0n) is 14.8. The van der Waals surface area contributed by atoms with Crippen LogP contribution < -0.4 is 15.5 Å². The molecular formula is C20H22FN5. The van der Waals surface area contributed by atoms with Crippen LogP contribution in [0, 0.1) is 5.82 Å². The number of benzene rings is 2. The topological polar surface area (TPSA) is 58.3 Å². The normalized spacial score (nSPS) is 16.1. The van der Waals surface area contributed by atoms with Gasteiger partial charge in [0.05, 0.1) is 5.69 Å². The molecule has 1 aliphatic heterocycles. The van der Waals surface area contributed by atoms with Crippen molar-refractivity contribution in [3.05, 3.63) is 60.0 Å². The number of halogens is 1. The summed E-state index contributed by atoms with van der Waals surface area (Å²) in [7, 11) is 0. The van der Waals surface area contributed by atoms with Gasteiger partial charge in [-0.3, -0.25) is 0 Å². The number of rotatable bonds is 3. The van der Waals surface area contributed by atoms with Gasteiger partial charge in [-0.15, -0.1) is 5.10 Å². The fraction of sp³-hybridized carbons (Fsp3) is 0.300. The highest BCUT2D eigenvalue weighted by molar-refractivity contribution is 5.93. The fourth-order valence-corrected chi connectivity index (χ4v) is 3.51. The average Bonchev–Trinajstić information content (AvgIpc) is 2.68. The number of nitrogens with two attached hydrogens (primary N) is 1. The van der Waals surface area contributed by atoms with Crippen molar-refractivity contribution in [3.8, 4) is 0 Å². The van der Waals surface area contributed by atoms with Crippen molar-refractivity contribution in [2.75, 3.05) is 36.0 Å². The van der Waals surface area contributed by atoms with Crippen LogP contribution in [0.25, 0.3) is 10.8 Å². The maximum absolute atomic E-state index is 13.1. The minimum atomic E-state index is -0.205. The lowest BCUT2D eigenvalue weighted by Gasteiger charge is -2.37. The number of fused-ring (bicyclic) bond motifs is 1. The van der Waals surface area contributed by atoms with Crippen molar-refractivity contribution in [1.29, 1.82) is 0 Å². The molecule has 6 heteroatoms. The number of hydrogen-bond donors (Lipinski definition) is 1. The molecule has 0 saturated carbocycles. The summed E-state index contributed by atoms with van der Waals surface area (Å²) in [5.41, 5.74) is 7.93. The molecule has 1 aliphatic rings. The van der Waals surface area contributed by atoms with Crippen LogP contribution in [-0.4, -0.2) is 36.4 Å². The van der Waals surface area contributed by atoms with Crippen LogP contribution in [0.2, 0.25) is 0 Å². The number of nitrogens with zero attached hydrogens (tertiary/aromatic N) is 4. The molecular weight excluding hydrogens is 329 g/mol. The van der Waals surface area contributed by atoms with Crippen molar-refractivity contribution in [3.63, 3.8) is 0 Å². The van der Waals surface area contributed by atoms with Gasteiger partial charge < -0.3 is 15.5 Å². The molecule has 3 aromatic rings. The van der Waals surface area contributed by atoms with Gasteiger partial charge in [-0.1, -0.05) is 24.3 Å². The maximum Gasteiger partial charge on any atom is 0.159 e. The van der Waals surface area contributed by atoms with Crippen LogP contribution >= 0.6 is 0 Å². The summed E-state index contributed by atoms with van der Waals surface area (Å²) in [6.45, 7) is 5.33. The Bertz CT molecular complexity index is 902. The van der Waals surface area contributed by atoms with Gasteiger partial charge in [-0.25, -0.2) is 4.39 Å². The van der Waals surface area contributed by atoms with Crippen molar-refractivity contribution in [2.24, 2.45) is 5.73 Å². The highest BCUT2D eigenvalue weighted by atomic mass is 19.1. The predicted molar refractivity (Wildman–Crippen MR) is 103 cm³/mol. The SMILES string of the molecule is CC(N)c1nnc(N2CCN(c3ccc(F)cc3)CC2)c2ccccc12. The van der Waals surface area contributed by atoms with E-state index in [0.29, 0.717) is 0 Å². The summed E-state index contributed by atoms with van der Waals surface area (Å²) in [6, 6.07) is 14.7. The fourth-order valence-electron chi connectivity index (χ4n) is 3.51. The Morgan fingerprint density at radius 3 is 2.15 bits per heavy atom. The average molecular weight is 351 g/mol. The molecule has 1 aromatic heterocycles. The van der Waals surface area contributed by atoms with Crippen LogP contribution in [0.5, 0.6) is 0 Å². The lowest BCUT2D eigenvalue weighted by molar-refractivity contribution is 0.623. The van der Waals surface area contributed by atoms with Crippen LogP contribution in [0.4, 0.5) is 15.9 Å². The minimum absolute atomic E-state index is 0.156. The number of hydrogen-bond acceptors (Lipinski definition) is 5. The van der Waals surface area contributed by atoms with Gasteiger partial charge in [-0.2, -0.15) is 5.10 Å². The summed E-state index contributed by atoms with van der Waals surface area (Å²) in [5.74, 6) is 0.701. The van der Waals surface area contributed by atoms with E-state index < -0.39 is 0 Å². The molecule has 2 heterocycles. The van der Waals surface area contributed by atoms with Gasteiger partial charge in [-0.05, 0) is 31.2 Å². The number of aromatic nitrogens is 2. The molecule has 5 nitrogen and oxygen atoms in total. The van der Waals surface area contributed by atoms with E-state index in [1.165, 1.54) is 12.1 Å². The summed E-state index contributed by atoms with van der Waals surface area (Å²) < 4.78 is 13.1. The molecule has 1 unspecified atom stereocenters. The first-order chi connectivity index (χ1) is 12.6. The van der Waals surface area contributed by atoms with Crippen LogP contribution in [-0.2, 0) is 0 Å². The Morgan fingerprint density at radius 2 is 1.50 bits per heavy atom. The smallest absolute Gasteiger partial charge is 0.159 e. The van der Waals surface area contributed by atoms with Gasteiger partial charge in [0.2, 0.25) is 0 Å². The monoisotopic (exact) mass is 351 g/mol. The van der Waals surface area contributed by atoms with Crippen molar-refractivity contribution in [2.45, 2.75) is 13.0 Å². The predicted octanol–water partition coefficient (Wildman–Crippen LogP) is 3.12. The van der Waals surface area contributed by atoms with Gasteiger partial charge in [0.15, 0.2) is 5.82 Å². The summed E-state index contributed by atoms with van der Waals surface area (Å²) in [5, 5.41) is 11.0. The molecule has 1 fully saturated rings. The molecule has 0 bridgehead atoms. The molecule has 1 saturated heterocycles. The van der Waals surface area contributed by atoms with Crippen LogP contribution in [0.1, 0.15) is 18.7 Å². The van der Waals surface area contributed by atoms with E-state index in [1.807, 2.05) is 31.2 Å². The van der Waals surface area contributed by atoms with Gasteiger partial charge >= 0.3 is 0 Å². The quantitative estimate of drug-likeness (QED) is 0.786. The van der Waals surface area contributed by atoms with E-state index in [0.717, 1.165) is 54.2 Å². The highest BCUT2D eigenvalue weighted by Gasteiger charge is 2.21. The van der Waals surface area contributed by atoms with E-state index >= 15 is 0 Å². The lowest BCUT2D eigenvalue weighted by atomic mass is 10.1. The minimum Gasteiger partial charge on any atom is -0.368 e. The second-order valence-electron chi connectivity index (χ2n) is 6.69. The molecule has 134 valence electrons. The largest absolute Gasteiger partial charge is 0.368 e. The Morgan fingerprint density at radius 1 is 0.885 bits per heavy atom. The molecule has 26 heavy (non-hydrogen) atoms. The molecule has 4 rings (SSSR count). The van der Waals surface area contributed by atoms with Crippen LogP contribution in [0.3, 0.4) is 0 Å². The molecule has 0 amide bonds. The first-order valence-electron chi connectivity index (χ1n) is 8.90. The van der Waals surface area contributed by atoms with E-state index in [-0.39, 0.29) is 11.9 Å². The summed E-state index contributed by atoms with van der Waals surface area (Å²) in [4.78, 5) is 4.53. The molecule has 2 aromatic carbocycles. The van der Waals surface area contributed by atoms with Gasteiger partial charge in [0.1, 0.15) is 5.82 Å². The van der Waals surface area contributed by atoms with E-state index in [9.17, 15) is 4.39 Å². The van der Waals surface area contributed by atoms with E-state index in [4.69, 9.17) is 5.73 Å². The standard InChI is InChI=1S/C20H22FN5/c1-14(22)19-17-4-2-3-5-18(17)20(24-23-19)26-12-10-25(11-13-26)16-8-6-15(21)7-9-16/h2-9,14H,10-13,22H2,1H3. The molecule has 0 radical (unpaired) electrons. The third-order valence-electron chi connectivity index (χ3n) is 4.90. The molecule has 0 aliphatic carbocycles. The van der Waals surface area contributed by atoms with Crippen molar-refractivity contribution in [1.82, 2.24) is 10.2 Å². The second kappa shape index (κ2) is 6.88.